The maximum atomic E-state index is 12.2. The maximum Gasteiger partial charge on any atom is 0.387 e. The summed E-state index contributed by atoms with van der Waals surface area (Å²) in [4.78, 5) is 4.37. The second-order valence-corrected chi connectivity index (χ2v) is 6.24. The van der Waals surface area contributed by atoms with Gasteiger partial charge in [0.25, 0.3) is 5.89 Å². The number of hydrogen-bond donors (Lipinski definition) is 1. The number of aromatic nitrogens is 5. The lowest BCUT2D eigenvalue weighted by atomic mass is 9.77. The molecule has 0 amide bonds. The summed E-state index contributed by atoms with van der Waals surface area (Å²) in [5.41, 5.74) is 7.43. The van der Waals surface area contributed by atoms with Crippen molar-refractivity contribution in [3.8, 4) is 23.0 Å². The van der Waals surface area contributed by atoms with Gasteiger partial charge in [-0.15, -0.1) is 17.5 Å². The molecule has 0 saturated heterocycles. The Labute approximate surface area is 159 Å². The topological polar surface area (TPSA) is 105 Å². The van der Waals surface area contributed by atoms with E-state index in [4.69, 9.17) is 10.3 Å². The molecule has 1 aliphatic rings. The third-order valence-corrected chi connectivity index (χ3v) is 4.52. The molecule has 2 aromatic heterocycles. The van der Waals surface area contributed by atoms with E-state index in [1.807, 2.05) is 0 Å². The van der Waals surface area contributed by atoms with Crippen LogP contribution in [0.3, 0.4) is 0 Å². The zero-order valence-corrected chi connectivity index (χ0v) is 15.1. The molecule has 4 rings (SSSR count). The SMILES string of the molecule is Cc1c(-c2nc(C3(N)CCC3)no2)nnn1-c1ccc(OC(F)F)cc1.Cl. The summed E-state index contributed by atoms with van der Waals surface area (Å²) in [6.45, 7) is -1.07. The normalized spacial score (nSPS) is 15.3. The standard InChI is InChI=1S/C16H16F2N6O2.ClH/c1-9-12(13-20-14(22-26-13)16(19)7-2-8-16)21-23-24(9)10-3-5-11(6-4-10)25-15(17)18;/h3-6,15H,2,7-8,19H2,1H3;1H. The molecule has 144 valence electrons. The molecule has 1 fully saturated rings. The number of benzene rings is 1. The molecule has 0 spiro atoms. The van der Waals surface area contributed by atoms with E-state index in [2.05, 4.69) is 25.2 Å². The zero-order valence-electron chi connectivity index (χ0n) is 14.3. The van der Waals surface area contributed by atoms with Crippen molar-refractivity contribution in [2.75, 3.05) is 0 Å². The summed E-state index contributed by atoms with van der Waals surface area (Å²) in [7, 11) is 0. The Morgan fingerprint density at radius 2 is 1.96 bits per heavy atom. The predicted molar refractivity (Wildman–Crippen MR) is 93.0 cm³/mol. The summed E-state index contributed by atoms with van der Waals surface area (Å²) in [6.07, 6.45) is 2.69. The number of ether oxygens (including phenoxy) is 1. The summed E-state index contributed by atoms with van der Waals surface area (Å²) in [6, 6.07) is 6.07. The van der Waals surface area contributed by atoms with E-state index in [9.17, 15) is 8.78 Å². The van der Waals surface area contributed by atoms with E-state index in [1.165, 1.54) is 12.1 Å². The summed E-state index contributed by atoms with van der Waals surface area (Å²) < 4.78 is 35.7. The van der Waals surface area contributed by atoms with Crippen LogP contribution in [-0.2, 0) is 5.54 Å². The van der Waals surface area contributed by atoms with E-state index in [0.717, 1.165) is 19.3 Å². The van der Waals surface area contributed by atoms with Crippen molar-refractivity contribution in [3.05, 3.63) is 35.8 Å². The smallest absolute Gasteiger partial charge is 0.387 e. The molecule has 0 bridgehead atoms. The summed E-state index contributed by atoms with van der Waals surface area (Å²) in [5, 5.41) is 12.1. The molecule has 1 aliphatic carbocycles. The van der Waals surface area contributed by atoms with Gasteiger partial charge >= 0.3 is 6.61 Å². The highest BCUT2D eigenvalue weighted by Crippen LogP contribution is 2.37. The first kappa shape index (κ1) is 19.2. The van der Waals surface area contributed by atoms with Gasteiger partial charge in [-0.3, -0.25) is 0 Å². The third kappa shape index (κ3) is 3.50. The molecular weight excluding hydrogens is 382 g/mol. The maximum absolute atomic E-state index is 12.2. The lowest BCUT2D eigenvalue weighted by molar-refractivity contribution is -0.0498. The minimum atomic E-state index is -2.87. The Balaban J connectivity index is 0.00000210. The molecule has 0 atom stereocenters. The van der Waals surface area contributed by atoms with Gasteiger partial charge in [0.1, 0.15) is 5.75 Å². The van der Waals surface area contributed by atoms with Crippen molar-refractivity contribution in [1.29, 1.82) is 0 Å². The van der Waals surface area contributed by atoms with Gasteiger partial charge < -0.3 is 15.0 Å². The molecule has 1 saturated carbocycles. The van der Waals surface area contributed by atoms with Gasteiger partial charge in [0, 0.05) is 0 Å². The highest BCUT2D eigenvalue weighted by atomic mass is 35.5. The molecule has 2 heterocycles. The largest absolute Gasteiger partial charge is 0.435 e. The van der Waals surface area contributed by atoms with Crippen LogP contribution in [0.2, 0.25) is 0 Å². The Kier molecular flexibility index (Phi) is 5.11. The average Bonchev–Trinajstić information content (AvgIpc) is 3.20. The Morgan fingerprint density at radius 1 is 1.26 bits per heavy atom. The first-order valence-electron chi connectivity index (χ1n) is 8.07. The highest BCUT2D eigenvalue weighted by molar-refractivity contribution is 5.85. The van der Waals surface area contributed by atoms with Crippen molar-refractivity contribution in [1.82, 2.24) is 25.1 Å². The predicted octanol–water partition coefficient (Wildman–Crippen LogP) is 2.99. The van der Waals surface area contributed by atoms with Crippen LogP contribution in [0.4, 0.5) is 8.78 Å². The molecule has 27 heavy (non-hydrogen) atoms. The number of rotatable bonds is 5. The fourth-order valence-corrected chi connectivity index (χ4v) is 2.84. The van der Waals surface area contributed by atoms with Crippen molar-refractivity contribution in [2.24, 2.45) is 5.73 Å². The lowest BCUT2D eigenvalue weighted by Gasteiger charge is -2.34. The van der Waals surface area contributed by atoms with Crippen LogP contribution >= 0.6 is 12.4 Å². The summed E-state index contributed by atoms with van der Waals surface area (Å²) >= 11 is 0. The molecule has 11 heteroatoms. The van der Waals surface area contributed by atoms with E-state index in [-0.39, 0.29) is 24.0 Å². The average molecular weight is 399 g/mol. The van der Waals surface area contributed by atoms with Gasteiger partial charge in [-0.05, 0) is 50.5 Å². The molecule has 3 aromatic rings. The molecule has 1 aromatic carbocycles. The van der Waals surface area contributed by atoms with Crippen LogP contribution in [0.25, 0.3) is 17.3 Å². The molecule has 0 unspecified atom stereocenters. The Morgan fingerprint density at radius 3 is 2.56 bits per heavy atom. The van der Waals surface area contributed by atoms with E-state index >= 15 is 0 Å². The molecular formula is C16H17ClF2N6O2. The first-order chi connectivity index (χ1) is 12.5. The number of nitrogens with zero attached hydrogens (tertiary/aromatic N) is 5. The monoisotopic (exact) mass is 398 g/mol. The summed E-state index contributed by atoms with van der Waals surface area (Å²) in [5.74, 6) is 0.788. The number of hydrogen-bond acceptors (Lipinski definition) is 7. The first-order valence-corrected chi connectivity index (χ1v) is 8.07. The number of alkyl halides is 2. The van der Waals surface area contributed by atoms with E-state index < -0.39 is 12.2 Å². The van der Waals surface area contributed by atoms with Crippen LogP contribution in [-0.4, -0.2) is 31.7 Å². The van der Waals surface area contributed by atoms with Gasteiger partial charge in [0.2, 0.25) is 0 Å². The minimum absolute atomic E-state index is 0. The zero-order chi connectivity index (χ0) is 18.3. The van der Waals surface area contributed by atoms with E-state index in [0.29, 0.717) is 22.9 Å². The van der Waals surface area contributed by atoms with Gasteiger partial charge in [-0.1, -0.05) is 10.4 Å². The molecule has 0 radical (unpaired) electrons. The quantitative estimate of drug-likeness (QED) is 0.704. The van der Waals surface area contributed by atoms with Crippen LogP contribution in [0.15, 0.2) is 28.8 Å². The van der Waals surface area contributed by atoms with E-state index in [1.54, 1.807) is 23.7 Å². The molecule has 8 nitrogen and oxygen atoms in total. The van der Waals surface area contributed by atoms with Crippen LogP contribution in [0, 0.1) is 6.92 Å². The van der Waals surface area contributed by atoms with Gasteiger partial charge in [0.15, 0.2) is 11.5 Å². The minimum Gasteiger partial charge on any atom is -0.435 e. The van der Waals surface area contributed by atoms with Gasteiger partial charge in [-0.2, -0.15) is 13.8 Å². The number of halogens is 3. The van der Waals surface area contributed by atoms with Crippen LogP contribution in [0.5, 0.6) is 5.75 Å². The van der Waals surface area contributed by atoms with Crippen molar-refractivity contribution >= 4 is 12.4 Å². The fraction of sp³-hybridized carbons (Fsp3) is 0.375. The lowest BCUT2D eigenvalue weighted by Crippen LogP contribution is -2.44. The number of nitrogens with two attached hydrogens (primary N) is 1. The van der Waals surface area contributed by atoms with Crippen molar-refractivity contribution in [2.45, 2.75) is 38.3 Å². The molecule has 2 N–H and O–H groups in total. The second-order valence-electron chi connectivity index (χ2n) is 6.24. The Hall–Kier alpha value is -2.59. The van der Waals surface area contributed by atoms with Gasteiger partial charge in [-0.25, -0.2) is 4.68 Å². The molecule has 0 aliphatic heterocycles. The second kappa shape index (κ2) is 7.20. The van der Waals surface area contributed by atoms with Crippen LogP contribution < -0.4 is 10.5 Å². The fourth-order valence-electron chi connectivity index (χ4n) is 2.84. The highest BCUT2D eigenvalue weighted by Gasteiger charge is 2.39. The van der Waals surface area contributed by atoms with Gasteiger partial charge in [0.05, 0.1) is 16.9 Å². The Bertz CT molecular complexity index is 923. The third-order valence-electron chi connectivity index (χ3n) is 4.52. The van der Waals surface area contributed by atoms with Crippen molar-refractivity contribution < 1.29 is 18.0 Å². The van der Waals surface area contributed by atoms with Crippen LogP contribution in [0.1, 0.15) is 30.8 Å². The van der Waals surface area contributed by atoms with Crippen molar-refractivity contribution in [3.63, 3.8) is 0 Å².